The van der Waals surface area contributed by atoms with E-state index < -0.39 is 5.60 Å². The highest BCUT2D eigenvalue weighted by Crippen LogP contribution is 2.22. The lowest BCUT2D eigenvalue weighted by molar-refractivity contribution is 0.0187. The number of aliphatic hydroxyl groups excluding tert-OH is 1. The minimum atomic E-state index is -0.490. The van der Waals surface area contributed by atoms with E-state index in [1.165, 1.54) is 0 Å². The molecule has 2 heterocycles. The van der Waals surface area contributed by atoms with Crippen LogP contribution in [-0.4, -0.2) is 52.5 Å². The Labute approximate surface area is 143 Å². The summed E-state index contributed by atoms with van der Waals surface area (Å²) in [5, 5.41) is 8.90. The summed E-state index contributed by atoms with van der Waals surface area (Å²) in [6.07, 6.45) is 6.54. The summed E-state index contributed by atoms with van der Waals surface area (Å²) in [5.41, 5.74) is 0.549. The van der Waals surface area contributed by atoms with Gasteiger partial charge in [0.25, 0.3) is 0 Å². The van der Waals surface area contributed by atoms with Gasteiger partial charge in [-0.1, -0.05) is 0 Å². The summed E-state index contributed by atoms with van der Waals surface area (Å²) >= 11 is 0. The van der Waals surface area contributed by atoms with Crippen LogP contribution in [0.25, 0.3) is 0 Å². The number of rotatable bonds is 6. The van der Waals surface area contributed by atoms with Gasteiger partial charge in [-0.05, 0) is 58.1 Å². The fourth-order valence-electron chi connectivity index (χ4n) is 2.72. The predicted octanol–water partition coefficient (Wildman–Crippen LogP) is 2.78. The minimum absolute atomic E-state index is 0.0287. The van der Waals surface area contributed by atoms with Crippen molar-refractivity contribution < 1.29 is 19.4 Å². The average Bonchev–Trinajstić information content (AvgIpc) is 2.98. The van der Waals surface area contributed by atoms with Crippen LogP contribution < -0.4 is 4.74 Å². The molecule has 1 N–H and O–H groups in total. The molecule has 0 spiro atoms. The topological polar surface area (TPSA) is 71.9 Å². The highest BCUT2D eigenvalue weighted by Gasteiger charge is 2.32. The van der Waals surface area contributed by atoms with Gasteiger partial charge in [-0.25, -0.2) is 4.79 Å². The molecule has 2 rings (SSSR count). The minimum Gasteiger partial charge on any atom is -0.490 e. The number of aliphatic hydroxyl groups is 1. The highest BCUT2D eigenvalue weighted by atomic mass is 16.6. The number of amides is 1. The van der Waals surface area contributed by atoms with Gasteiger partial charge in [0.2, 0.25) is 0 Å². The average molecular weight is 336 g/mol. The van der Waals surface area contributed by atoms with E-state index in [1.54, 1.807) is 17.3 Å². The molecule has 1 aliphatic heterocycles. The zero-order valence-corrected chi connectivity index (χ0v) is 14.8. The number of ether oxygens (including phenoxy) is 2. The van der Waals surface area contributed by atoms with Crippen LogP contribution in [0.15, 0.2) is 18.5 Å². The first-order valence-corrected chi connectivity index (χ1v) is 8.56. The number of hydrogen-bond donors (Lipinski definition) is 1. The molecule has 0 saturated carbocycles. The molecule has 6 heteroatoms. The number of likely N-dealkylation sites (tertiary alicyclic amines) is 1. The van der Waals surface area contributed by atoms with Crippen LogP contribution in [0, 0.1) is 0 Å². The van der Waals surface area contributed by atoms with Crippen LogP contribution in [0.2, 0.25) is 0 Å². The molecule has 1 saturated heterocycles. The first-order chi connectivity index (χ1) is 11.4. The summed E-state index contributed by atoms with van der Waals surface area (Å²) in [5.74, 6) is 0.696. The van der Waals surface area contributed by atoms with Crippen molar-refractivity contribution in [2.75, 3.05) is 19.8 Å². The van der Waals surface area contributed by atoms with E-state index in [1.807, 2.05) is 26.8 Å². The van der Waals surface area contributed by atoms with Crippen molar-refractivity contribution in [2.45, 2.75) is 58.1 Å². The molecule has 0 radical (unpaired) electrons. The molecule has 1 aliphatic rings. The zero-order chi connectivity index (χ0) is 17.6. The molecule has 134 valence electrons. The van der Waals surface area contributed by atoms with Crippen molar-refractivity contribution in [3.8, 4) is 5.75 Å². The molecule has 24 heavy (non-hydrogen) atoms. The molecule has 1 aromatic heterocycles. The quantitative estimate of drug-likeness (QED) is 0.865. The van der Waals surface area contributed by atoms with Crippen LogP contribution in [0.4, 0.5) is 4.79 Å². The lowest BCUT2D eigenvalue weighted by atomic mass is 10.1. The van der Waals surface area contributed by atoms with Gasteiger partial charge in [0, 0.05) is 19.3 Å². The van der Waals surface area contributed by atoms with Gasteiger partial charge >= 0.3 is 6.09 Å². The molecule has 0 aromatic carbocycles. The van der Waals surface area contributed by atoms with Crippen LogP contribution in [0.3, 0.4) is 0 Å². The molecular formula is C18H28N2O4. The van der Waals surface area contributed by atoms with Crippen LogP contribution in [0.5, 0.6) is 5.75 Å². The summed E-state index contributed by atoms with van der Waals surface area (Å²) in [7, 11) is 0. The van der Waals surface area contributed by atoms with E-state index in [0.717, 1.165) is 24.8 Å². The molecule has 1 aromatic rings. The standard InChI is InChI=1S/C18H28N2O4/c1-18(2,3)24-17(22)20-8-4-7-15(20)13-23-16-10-14(6-5-9-21)11-19-12-16/h10-12,15,21H,4-9,13H2,1-3H3/t15-/m0/s1. The van der Waals surface area contributed by atoms with Crippen molar-refractivity contribution in [3.63, 3.8) is 0 Å². The van der Waals surface area contributed by atoms with Gasteiger partial charge in [0.05, 0.1) is 12.2 Å². The second-order valence-corrected chi connectivity index (χ2v) is 7.14. The Hall–Kier alpha value is -1.82. The Bertz CT molecular complexity index is 542. The van der Waals surface area contributed by atoms with Gasteiger partial charge < -0.3 is 19.5 Å². The van der Waals surface area contributed by atoms with Crippen molar-refractivity contribution in [1.82, 2.24) is 9.88 Å². The van der Waals surface area contributed by atoms with Crippen LogP contribution >= 0.6 is 0 Å². The fourth-order valence-corrected chi connectivity index (χ4v) is 2.72. The number of aromatic nitrogens is 1. The number of carbonyl (C=O) groups excluding carboxylic acids is 1. The lowest BCUT2D eigenvalue weighted by Crippen LogP contribution is -2.42. The third-order valence-electron chi connectivity index (χ3n) is 3.84. The smallest absolute Gasteiger partial charge is 0.410 e. The van der Waals surface area contributed by atoms with Gasteiger partial charge in [0.1, 0.15) is 18.0 Å². The third-order valence-corrected chi connectivity index (χ3v) is 3.84. The second-order valence-electron chi connectivity index (χ2n) is 7.14. The maximum absolute atomic E-state index is 12.3. The number of carbonyl (C=O) groups is 1. The van der Waals surface area contributed by atoms with Crippen molar-refractivity contribution >= 4 is 6.09 Å². The summed E-state index contributed by atoms with van der Waals surface area (Å²) in [6.45, 7) is 6.92. The third kappa shape index (κ3) is 5.67. The molecule has 6 nitrogen and oxygen atoms in total. The first kappa shape index (κ1) is 18.5. The lowest BCUT2D eigenvalue weighted by Gasteiger charge is -2.28. The fraction of sp³-hybridized carbons (Fsp3) is 0.667. The molecular weight excluding hydrogens is 308 g/mol. The van der Waals surface area contributed by atoms with Gasteiger partial charge in [0.15, 0.2) is 0 Å². The van der Waals surface area contributed by atoms with Gasteiger partial charge in [-0.2, -0.15) is 0 Å². The van der Waals surface area contributed by atoms with Crippen molar-refractivity contribution in [1.29, 1.82) is 0 Å². The second kappa shape index (κ2) is 8.33. The summed E-state index contributed by atoms with van der Waals surface area (Å²) in [6, 6.07) is 1.97. The van der Waals surface area contributed by atoms with E-state index in [9.17, 15) is 4.79 Å². The van der Waals surface area contributed by atoms with Gasteiger partial charge in [-0.3, -0.25) is 4.98 Å². The summed E-state index contributed by atoms with van der Waals surface area (Å²) < 4.78 is 11.3. The number of hydrogen-bond acceptors (Lipinski definition) is 5. The zero-order valence-electron chi connectivity index (χ0n) is 14.8. The first-order valence-electron chi connectivity index (χ1n) is 8.56. The number of aryl methyl sites for hydroxylation is 1. The van der Waals surface area contributed by atoms with Crippen molar-refractivity contribution in [2.24, 2.45) is 0 Å². The highest BCUT2D eigenvalue weighted by molar-refractivity contribution is 5.69. The molecule has 0 aliphatic carbocycles. The Balaban J connectivity index is 1.89. The Morgan fingerprint density at radius 1 is 1.42 bits per heavy atom. The van der Waals surface area contributed by atoms with Crippen LogP contribution in [-0.2, 0) is 11.2 Å². The van der Waals surface area contributed by atoms with Crippen LogP contribution in [0.1, 0.15) is 45.6 Å². The van der Waals surface area contributed by atoms with E-state index in [0.29, 0.717) is 25.3 Å². The van der Waals surface area contributed by atoms with E-state index in [2.05, 4.69) is 4.98 Å². The molecule has 1 amide bonds. The summed E-state index contributed by atoms with van der Waals surface area (Å²) in [4.78, 5) is 18.2. The molecule has 1 fully saturated rings. The SMILES string of the molecule is CC(C)(C)OC(=O)N1CCC[C@H]1COc1cncc(CCCO)c1. The van der Waals surface area contributed by atoms with E-state index >= 15 is 0 Å². The van der Waals surface area contributed by atoms with E-state index in [4.69, 9.17) is 14.6 Å². The van der Waals surface area contributed by atoms with Gasteiger partial charge in [-0.15, -0.1) is 0 Å². The normalized spacial score (nSPS) is 17.8. The number of nitrogens with zero attached hydrogens (tertiary/aromatic N) is 2. The van der Waals surface area contributed by atoms with E-state index in [-0.39, 0.29) is 18.7 Å². The Kier molecular flexibility index (Phi) is 6.43. The maximum atomic E-state index is 12.3. The Morgan fingerprint density at radius 3 is 2.92 bits per heavy atom. The predicted molar refractivity (Wildman–Crippen MR) is 91.1 cm³/mol. The maximum Gasteiger partial charge on any atom is 0.410 e. The number of pyridine rings is 1. The largest absolute Gasteiger partial charge is 0.490 e. The monoisotopic (exact) mass is 336 g/mol. The Morgan fingerprint density at radius 2 is 2.21 bits per heavy atom. The molecule has 0 unspecified atom stereocenters. The molecule has 0 bridgehead atoms. The van der Waals surface area contributed by atoms with Crippen molar-refractivity contribution in [3.05, 3.63) is 24.0 Å². The molecule has 1 atom stereocenters.